The Bertz CT molecular complexity index is 484. The van der Waals surface area contributed by atoms with Crippen LogP contribution in [0.5, 0.6) is 0 Å². The van der Waals surface area contributed by atoms with Crippen LogP contribution in [-0.4, -0.2) is 42.2 Å². The second kappa shape index (κ2) is 6.05. The second-order valence-corrected chi connectivity index (χ2v) is 7.04. The standard InChI is InChI=1S/C18H26N2O/c1-2-16(18-12-19-7-3-15(1)18)11-14-4-8-20(13-14)17-5-9-21-10-6-17/h3,7,12,14,16-17H,1-2,4-6,8-11,13H2/t14-,16?/m0/s1. The van der Waals surface area contributed by atoms with Crippen molar-refractivity contribution in [1.82, 2.24) is 9.88 Å². The summed E-state index contributed by atoms with van der Waals surface area (Å²) in [6, 6.07) is 3.01. The molecule has 4 rings (SSSR count). The SMILES string of the molecule is c1cc2c(cn1)C(C[C@@H]1CCN(C3CCOCC3)C1)CC2. The van der Waals surface area contributed by atoms with E-state index in [4.69, 9.17) is 4.74 Å². The molecule has 2 aliphatic heterocycles. The van der Waals surface area contributed by atoms with Crippen LogP contribution in [0.15, 0.2) is 18.5 Å². The lowest BCUT2D eigenvalue weighted by molar-refractivity contribution is 0.0409. The predicted octanol–water partition coefficient (Wildman–Crippen LogP) is 3.00. The van der Waals surface area contributed by atoms with Crippen molar-refractivity contribution in [2.75, 3.05) is 26.3 Å². The van der Waals surface area contributed by atoms with Gasteiger partial charge < -0.3 is 4.74 Å². The summed E-state index contributed by atoms with van der Waals surface area (Å²) < 4.78 is 5.50. The van der Waals surface area contributed by atoms with E-state index in [0.29, 0.717) is 0 Å². The molecule has 3 aliphatic rings. The largest absolute Gasteiger partial charge is 0.381 e. The highest BCUT2D eigenvalue weighted by molar-refractivity contribution is 5.32. The van der Waals surface area contributed by atoms with Crippen molar-refractivity contribution in [2.45, 2.75) is 50.5 Å². The van der Waals surface area contributed by atoms with Gasteiger partial charge in [0.25, 0.3) is 0 Å². The third-order valence-electron chi connectivity index (χ3n) is 5.79. The summed E-state index contributed by atoms with van der Waals surface area (Å²) in [5.74, 6) is 1.66. The number of likely N-dealkylation sites (tertiary alicyclic amines) is 1. The molecule has 1 aliphatic carbocycles. The van der Waals surface area contributed by atoms with Crippen molar-refractivity contribution >= 4 is 0 Å². The van der Waals surface area contributed by atoms with Crippen LogP contribution in [0.4, 0.5) is 0 Å². The molecule has 21 heavy (non-hydrogen) atoms. The average molecular weight is 286 g/mol. The zero-order chi connectivity index (χ0) is 14.1. The first-order valence-electron chi connectivity index (χ1n) is 8.65. The lowest BCUT2D eigenvalue weighted by Gasteiger charge is -2.31. The maximum Gasteiger partial charge on any atom is 0.0480 e. The Morgan fingerprint density at radius 1 is 1.19 bits per heavy atom. The fourth-order valence-corrected chi connectivity index (χ4v) is 4.60. The minimum Gasteiger partial charge on any atom is -0.381 e. The Labute approximate surface area is 127 Å². The van der Waals surface area contributed by atoms with Gasteiger partial charge in [-0.05, 0) is 74.1 Å². The van der Waals surface area contributed by atoms with Gasteiger partial charge in [0, 0.05) is 38.2 Å². The molecule has 114 valence electrons. The topological polar surface area (TPSA) is 25.4 Å². The molecule has 0 amide bonds. The van der Waals surface area contributed by atoms with Crippen LogP contribution in [0.3, 0.4) is 0 Å². The first-order chi connectivity index (χ1) is 10.4. The van der Waals surface area contributed by atoms with Crippen LogP contribution in [0, 0.1) is 5.92 Å². The maximum atomic E-state index is 5.50. The van der Waals surface area contributed by atoms with E-state index in [1.54, 1.807) is 11.1 Å². The van der Waals surface area contributed by atoms with Crippen LogP contribution in [0.25, 0.3) is 0 Å². The Hall–Kier alpha value is -0.930. The zero-order valence-electron chi connectivity index (χ0n) is 12.8. The fourth-order valence-electron chi connectivity index (χ4n) is 4.60. The first-order valence-corrected chi connectivity index (χ1v) is 8.65. The molecule has 1 aromatic rings. The molecule has 2 atom stereocenters. The number of pyridine rings is 1. The molecule has 1 aromatic heterocycles. The van der Waals surface area contributed by atoms with Crippen LogP contribution in [0.2, 0.25) is 0 Å². The quantitative estimate of drug-likeness (QED) is 0.854. The van der Waals surface area contributed by atoms with E-state index in [1.807, 2.05) is 6.20 Å². The summed E-state index contributed by atoms with van der Waals surface area (Å²) in [6.45, 7) is 4.56. The predicted molar refractivity (Wildman–Crippen MR) is 83.4 cm³/mol. The zero-order valence-corrected chi connectivity index (χ0v) is 12.8. The number of ether oxygens (including phenoxy) is 1. The molecule has 0 radical (unpaired) electrons. The summed E-state index contributed by atoms with van der Waals surface area (Å²) in [5, 5.41) is 0. The Morgan fingerprint density at radius 2 is 2.10 bits per heavy atom. The van der Waals surface area contributed by atoms with Crippen molar-refractivity contribution in [3.63, 3.8) is 0 Å². The fraction of sp³-hybridized carbons (Fsp3) is 0.722. The summed E-state index contributed by atoms with van der Waals surface area (Å²) in [6.07, 6.45) is 11.9. The van der Waals surface area contributed by atoms with E-state index >= 15 is 0 Å². The molecule has 0 N–H and O–H groups in total. The third kappa shape index (κ3) is 2.86. The highest BCUT2D eigenvalue weighted by Gasteiger charge is 2.32. The van der Waals surface area contributed by atoms with Gasteiger partial charge in [0.05, 0.1) is 0 Å². The third-order valence-corrected chi connectivity index (χ3v) is 5.79. The van der Waals surface area contributed by atoms with Gasteiger partial charge in [-0.25, -0.2) is 0 Å². The summed E-state index contributed by atoms with van der Waals surface area (Å²) in [7, 11) is 0. The minimum absolute atomic E-state index is 0.772. The van der Waals surface area contributed by atoms with Crippen molar-refractivity contribution in [2.24, 2.45) is 5.92 Å². The highest BCUT2D eigenvalue weighted by Crippen LogP contribution is 2.39. The average Bonchev–Trinajstić information content (AvgIpc) is 3.17. The molecule has 3 heterocycles. The molecular weight excluding hydrogens is 260 g/mol. The van der Waals surface area contributed by atoms with E-state index in [1.165, 1.54) is 51.6 Å². The van der Waals surface area contributed by atoms with E-state index in [0.717, 1.165) is 31.1 Å². The molecule has 3 nitrogen and oxygen atoms in total. The van der Waals surface area contributed by atoms with Crippen LogP contribution < -0.4 is 0 Å². The van der Waals surface area contributed by atoms with E-state index < -0.39 is 0 Å². The van der Waals surface area contributed by atoms with Gasteiger partial charge in [-0.1, -0.05) is 0 Å². The molecule has 0 spiro atoms. The van der Waals surface area contributed by atoms with Crippen molar-refractivity contribution in [3.05, 3.63) is 29.6 Å². The Balaban J connectivity index is 1.35. The van der Waals surface area contributed by atoms with Gasteiger partial charge in [-0.15, -0.1) is 0 Å². The van der Waals surface area contributed by atoms with Crippen LogP contribution in [-0.2, 0) is 11.2 Å². The van der Waals surface area contributed by atoms with Crippen molar-refractivity contribution in [1.29, 1.82) is 0 Å². The Kier molecular flexibility index (Phi) is 3.95. The number of nitrogens with zero attached hydrogens (tertiary/aromatic N) is 2. The highest BCUT2D eigenvalue weighted by atomic mass is 16.5. The van der Waals surface area contributed by atoms with E-state index in [9.17, 15) is 0 Å². The van der Waals surface area contributed by atoms with Crippen molar-refractivity contribution < 1.29 is 4.74 Å². The summed E-state index contributed by atoms with van der Waals surface area (Å²) >= 11 is 0. The van der Waals surface area contributed by atoms with Crippen molar-refractivity contribution in [3.8, 4) is 0 Å². The number of hydrogen-bond acceptors (Lipinski definition) is 3. The molecule has 0 bridgehead atoms. The molecule has 2 saturated heterocycles. The molecule has 2 fully saturated rings. The van der Waals surface area contributed by atoms with Gasteiger partial charge in [-0.3, -0.25) is 9.88 Å². The molecule has 0 saturated carbocycles. The molecule has 3 heteroatoms. The summed E-state index contributed by atoms with van der Waals surface area (Å²) in [5.41, 5.74) is 3.09. The molecular formula is C18H26N2O. The molecule has 0 aromatic carbocycles. The van der Waals surface area contributed by atoms with E-state index in [-0.39, 0.29) is 0 Å². The monoisotopic (exact) mass is 286 g/mol. The maximum absolute atomic E-state index is 5.50. The van der Waals surface area contributed by atoms with Crippen LogP contribution >= 0.6 is 0 Å². The van der Waals surface area contributed by atoms with Gasteiger partial charge in [0.1, 0.15) is 0 Å². The lowest BCUT2D eigenvalue weighted by Crippen LogP contribution is -2.37. The number of fused-ring (bicyclic) bond motifs is 1. The summed E-state index contributed by atoms with van der Waals surface area (Å²) in [4.78, 5) is 7.09. The van der Waals surface area contributed by atoms with Gasteiger partial charge in [0.15, 0.2) is 0 Å². The number of aryl methyl sites for hydroxylation is 1. The van der Waals surface area contributed by atoms with Gasteiger partial charge in [0.2, 0.25) is 0 Å². The minimum atomic E-state index is 0.772. The molecule has 1 unspecified atom stereocenters. The Morgan fingerprint density at radius 3 is 3.00 bits per heavy atom. The lowest BCUT2D eigenvalue weighted by atomic mass is 9.90. The number of rotatable bonds is 3. The number of aromatic nitrogens is 1. The normalized spacial score (nSPS) is 30.7. The van der Waals surface area contributed by atoms with Gasteiger partial charge in [-0.2, -0.15) is 0 Å². The van der Waals surface area contributed by atoms with Crippen LogP contribution in [0.1, 0.15) is 49.1 Å². The second-order valence-electron chi connectivity index (χ2n) is 7.04. The first kappa shape index (κ1) is 13.7. The van der Waals surface area contributed by atoms with Gasteiger partial charge >= 0.3 is 0 Å². The number of hydrogen-bond donors (Lipinski definition) is 0. The smallest absolute Gasteiger partial charge is 0.0480 e. The van der Waals surface area contributed by atoms with E-state index in [2.05, 4.69) is 22.1 Å².